The zero-order valence-electron chi connectivity index (χ0n) is 11.9. The summed E-state index contributed by atoms with van der Waals surface area (Å²) in [4.78, 5) is 10.9. The van der Waals surface area contributed by atoms with Crippen LogP contribution < -0.4 is 5.32 Å². The molecule has 20 heavy (non-hydrogen) atoms. The topological polar surface area (TPSA) is 49.3 Å². The molecule has 0 aromatic heterocycles. The number of halogens is 1. The van der Waals surface area contributed by atoms with E-state index >= 15 is 0 Å². The highest BCUT2D eigenvalue weighted by atomic mass is 19.1. The second-order valence-electron chi connectivity index (χ2n) is 5.55. The predicted octanol–water partition coefficient (Wildman–Crippen LogP) is 3.58. The van der Waals surface area contributed by atoms with Crippen LogP contribution in [-0.4, -0.2) is 17.1 Å². The molecule has 0 amide bonds. The Morgan fingerprint density at radius 3 is 2.85 bits per heavy atom. The van der Waals surface area contributed by atoms with Crippen LogP contribution in [0.1, 0.15) is 54.9 Å². The van der Waals surface area contributed by atoms with E-state index in [1.165, 1.54) is 37.5 Å². The molecule has 110 valence electrons. The van der Waals surface area contributed by atoms with Gasteiger partial charge in [-0.05, 0) is 37.0 Å². The minimum absolute atomic E-state index is 0.138. The number of aromatic carboxylic acids is 1. The Morgan fingerprint density at radius 1 is 1.40 bits per heavy atom. The van der Waals surface area contributed by atoms with Gasteiger partial charge >= 0.3 is 5.97 Å². The molecule has 4 heteroatoms. The highest BCUT2D eigenvalue weighted by Crippen LogP contribution is 2.27. The summed E-state index contributed by atoms with van der Waals surface area (Å²) in [7, 11) is 0. The summed E-state index contributed by atoms with van der Waals surface area (Å²) in [6.45, 7) is 2.59. The third kappa shape index (κ3) is 3.57. The summed E-state index contributed by atoms with van der Waals surface area (Å²) < 4.78 is 13.7. The maximum atomic E-state index is 13.7. The maximum absolute atomic E-state index is 13.7. The quantitative estimate of drug-likeness (QED) is 0.866. The zero-order chi connectivity index (χ0) is 14.5. The summed E-state index contributed by atoms with van der Waals surface area (Å²) in [5.41, 5.74) is 0.573. The number of benzene rings is 1. The van der Waals surface area contributed by atoms with Crippen molar-refractivity contribution in [2.24, 2.45) is 5.92 Å². The first-order valence-electron chi connectivity index (χ1n) is 7.37. The highest BCUT2D eigenvalue weighted by Gasteiger charge is 2.23. The summed E-state index contributed by atoms with van der Waals surface area (Å²) in [6, 6.07) is 4.38. The molecule has 0 spiro atoms. The van der Waals surface area contributed by atoms with Gasteiger partial charge in [-0.25, -0.2) is 9.18 Å². The van der Waals surface area contributed by atoms with E-state index in [2.05, 4.69) is 12.2 Å². The fraction of sp³-hybridized carbons (Fsp3) is 0.562. The molecule has 0 bridgehead atoms. The van der Waals surface area contributed by atoms with Crippen molar-refractivity contribution in [2.45, 2.75) is 51.6 Å². The lowest BCUT2D eigenvalue weighted by Crippen LogP contribution is -2.38. The van der Waals surface area contributed by atoms with Gasteiger partial charge in [0.25, 0.3) is 0 Å². The molecule has 2 rings (SSSR count). The van der Waals surface area contributed by atoms with Gasteiger partial charge in [0.1, 0.15) is 5.82 Å². The van der Waals surface area contributed by atoms with Gasteiger partial charge in [0, 0.05) is 18.2 Å². The second-order valence-corrected chi connectivity index (χ2v) is 5.55. The number of hydrogen-bond donors (Lipinski definition) is 2. The molecule has 1 aromatic carbocycles. The molecule has 2 unspecified atom stereocenters. The fourth-order valence-corrected chi connectivity index (χ4v) is 3.05. The van der Waals surface area contributed by atoms with E-state index in [1.54, 1.807) is 0 Å². The van der Waals surface area contributed by atoms with Crippen LogP contribution in [-0.2, 0) is 6.54 Å². The molecule has 1 saturated carbocycles. The van der Waals surface area contributed by atoms with Gasteiger partial charge in [-0.1, -0.05) is 26.2 Å². The smallest absolute Gasteiger partial charge is 0.335 e. The van der Waals surface area contributed by atoms with Gasteiger partial charge in [0.05, 0.1) is 5.56 Å². The molecule has 1 aromatic rings. The van der Waals surface area contributed by atoms with E-state index in [4.69, 9.17) is 5.11 Å². The number of rotatable bonds is 5. The van der Waals surface area contributed by atoms with Gasteiger partial charge < -0.3 is 10.4 Å². The summed E-state index contributed by atoms with van der Waals surface area (Å²) in [5.74, 6) is -0.712. The average molecular weight is 279 g/mol. The van der Waals surface area contributed by atoms with E-state index in [9.17, 15) is 9.18 Å². The Hall–Kier alpha value is -1.42. The lowest BCUT2D eigenvalue weighted by Gasteiger charge is -2.31. The molecule has 1 aliphatic rings. The molecule has 1 fully saturated rings. The standard InChI is InChI=1S/C16H22FNO2/c1-2-11-5-3-4-6-15(11)18-10-13-9-12(16(19)20)7-8-14(13)17/h7-9,11,15,18H,2-6,10H2,1H3,(H,19,20). The number of carboxylic acids is 1. The normalized spacial score (nSPS) is 22.7. The van der Waals surface area contributed by atoms with Crippen molar-refractivity contribution in [3.05, 3.63) is 35.1 Å². The number of carbonyl (C=O) groups is 1. The molecule has 2 N–H and O–H groups in total. The van der Waals surface area contributed by atoms with Crippen LogP contribution in [0.25, 0.3) is 0 Å². The first-order valence-corrected chi connectivity index (χ1v) is 7.37. The molecule has 0 saturated heterocycles. The second kappa shape index (κ2) is 6.84. The van der Waals surface area contributed by atoms with Crippen LogP contribution in [0.5, 0.6) is 0 Å². The highest BCUT2D eigenvalue weighted by molar-refractivity contribution is 5.87. The Labute approximate surface area is 119 Å². The van der Waals surface area contributed by atoms with Crippen molar-refractivity contribution in [1.82, 2.24) is 5.32 Å². The van der Waals surface area contributed by atoms with E-state index < -0.39 is 5.97 Å². The van der Waals surface area contributed by atoms with Crippen LogP contribution in [0.15, 0.2) is 18.2 Å². The van der Waals surface area contributed by atoms with Crippen molar-refractivity contribution in [3.8, 4) is 0 Å². The Morgan fingerprint density at radius 2 is 2.15 bits per heavy atom. The van der Waals surface area contributed by atoms with E-state index in [0.717, 1.165) is 12.8 Å². The van der Waals surface area contributed by atoms with Crippen molar-refractivity contribution in [3.63, 3.8) is 0 Å². The summed E-state index contributed by atoms with van der Waals surface area (Å²) in [5, 5.41) is 12.4. The largest absolute Gasteiger partial charge is 0.478 e. The van der Waals surface area contributed by atoms with Crippen molar-refractivity contribution >= 4 is 5.97 Å². The molecule has 0 heterocycles. The molecule has 3 nitrogen and oxygen atoms in total. The number of carboxylic acid groups (broad SMARTS) is 1. The van der Waals surface area contributed by atoms with Gasteiger partial charge in [-0.3, -0.25) is 0 Å². The summed E-state index contributed by atoms with van der Waals surface area (Å²) in [6.07, 6.45) is 5.98. The van der Waals surface area contributed by atoms with Crippen LogP contribution in [0.2, 0.25) is 0 Å². The van der Waals surface area contributed by atoms with Crippen LogP contribution in [0.3, 0.4) is 0 Å². The Balaban J connectivity index is 2.02. The third-order valence-corrected chi connectivity index (χ3v) is 4.28. The van der Waals surface area contributed by atoms with Crippen molar-refractivity contribution < 1.29 is 14.3 Å². The van der Waals surface area contributed by atoms with Crippen LogP contribution in [0, 0.1) is 11.7 Å². The van der Waals surface area contributed by atoms with Crippen LogP contribution in [0.4, 0.5) is 4.39 Å². The first-order chi connectivity index (χ1) is 9.61. The predicted molar refractivity (Wildman–Crippen MR) is 76.2 cm³/mol. The average Bonchev–Trinajstić information content (AvgIpc) is 2.46. The monoisotopic (exact) mass is 279 g/mol. The van der Waals surface area contributed by atoms with Crippen LogP contribution >= 0.6 is 0 Å². The maximum Gasteiger partial charge on any atom is 0.335 e. The molecule has 0 radical (unpaired) electrons. The third-order valence-electron chi connectivity index (χ3n) is 4.28. The Bertz CT molecular complexity index is 476. The minimum Gasteiger partial charge on any atom is -0.478 e. The van der Waals surface area contributed by atoms with Crippen molar-refractivity contribution in [2.75, 3.05) is 0 Å². The fourth-order valence-electron chi connectivity index (χ4n) is 3.05. The van der Waals surface area contributed by atoms with Gasteiger partial charge in [0.2, 0.25) is 0 Å². The summed E-state index contributed by atoms with van der Waals surface area (Å²) >= 11 is 0. The number of nitrogens with one attached hydrogen (secondary N) is 1. The lowest BCUT2D eigenvalue weighted by atomic mass is 9.83. The van der Waals surface area contributed by atoms with Crippen molar-refractivity contribution in [1.29, 1.82) is 0 Å². The Kier molecular flexibility index (Phi) is 5.12. The van der Waals surface area contributed by atoms with E-state index in [0.29, 0.717) is 24.1 Å². The SMILES string of the molecule is CCC1CCCCC1NCc1cc(C(=O)O)ccc1F. The molecular formula is C16H22FNO2. The molecule has 1 aliphatic carbocycles. The molecule has 0 aliphatic heterocycles. The number of hydrogen-bond acceptors (Lipinski definition) is 2. The lowest BCUT2D eigenvalue weighted by molar-refractivity contribution is 0.0696. The first kappa shape index (κ1) is 15.0. The minimum atomic E-state index is -1.02. The molecular weight excluding hydrogens is 257 g/mol. The van der Waals surface area contributed by atoms with E-state index in [-0.39, 0.29) is 11.4 Å². The van der Waals surface area contributed by atoms with E-state index in [1.807, 2.05) is 0 Å². The van der Waals surface area contributed by atoms with Gasteiger partial charge in [0.15, 0.2) is 0 Å². The van der Waals surface area contributed by atoms with Gasteiger partial charge in [-0.15, -0.1) is 0 Å². The molecule has 2 atom stereocenters. The van der Waals surface area contributed by atoms with Gasteiger partial charge in [-0.2, -0.15) is 0 Å². The zero-order valence-corrected chi connectivity index (χ0v) is 11.9.